The highest BCUT2D eigenvalue weighted by Crippen LogP contribution is 2.23. The Morgan fingerprint density at radius 3 is 1.56 bits per heavy atom. The molecule has 1 heterocycles. The highest BCUT2D eigenvalue weighted by molar-refractivity contribution is 4.82. The average molecular weight is 459 g/mol. The number of ether oxygens (including phenoxy) is 2. The van der Waals surface area contributed by atoms with Gasteiger partial charge in [-0.25, -0.2) is 0 Å². The summed E-state index contributed by atoms with van der Waals surface area (Å²) < 4.78 is 11.3. The van der Waals surface area contributed by atoms with E-state index in [0.29, 0.717) is 12.5 Å². The predicted molar refractivity (Wildman–Crippen MR) is 132 cm³/mol. The maximum Gasteiger partial charge on any atom is 0.186 e. The lowest BCUT2D eigenvalue weighted by Crippen LogP contribution is -2.53. The lowest BCUT2D eigenvalue weighted by molar-refractivity contribution is -0.272. The van der Waals surface area contributed by atoms with Crippen LogP contribution >= 0.6 is 0 Å². The number of hydrogen-bond donors (Lipinski definition) is 3. The molecule has 1 rings (SSSR count). The van der Waals surface area contributed by atoms with Crippen molar-refractivity contribution in [2.75, 3.05) is 13.2 Å². The first-order chi connectivity index (χ1) is 15.6. The predicted octanol–water partition coefficient (Wildman–Crippen LogP) is 6.12. The molecule has 0 amide bonds. The molecule has 2 unspecified atom stereocenters. The fourth-order valence-corrected chi connectivity index (χ4v) is 4.60. The number of rotatable bonds is 21. The normalized spacial score (nSPS) is 24.7. The first kappa shape index (κ1) is 29.8. The molecule has 0 aromatic rings. The molecule has 3 N–H and O–H groups in total. The fourth-order valence-electron chi connectivity index (χ4n) is 4.60. The number of unbranched alkanes of at least 4 members (excludes halogenated alkanes) is 14. The maximum absolute atomic E-state index is 10.1. The molecule has 1 aliphatic rings. The van der Waals surface area contributed by atoms with Crippen molar-refractivity contribution in [2.24, 2.45) is 5.92 Å². The van der Waals surface area contributed by atoms with E-state index in [1.165, 1.54) is 103 Å². The standard InChI is InChI=1S/C27H54O5/c1-3-5-7-9-11-12-13-14-16-18-20-23(19-17-15-10-8-6-4-2)21-31-27-26(30)25(29)24(28)22-32-27/h23-30H,3-22H2,1-2H3/t23?,24-,25-,26+,27?/m0/s1. The van der Waals surface area contributed by atoms with Gasteiger partial charge in [-0.1, -0.05) is 117 Å². The zero-order valence-corrected chi connectivity index (χ0v) is 21.2. The number of aliphatic hydroxyl groups excluding tert-OH is 3. The van der Waals surface area contributed by atoms with Crippen LogP contribution in [0.5, 0.6) is 0 Å². The van der Waals surface area contributed by atoms with E-state index in [1.54, 1.807) is 0 Å². The summed E-state index contributed by atoms with van der Waals surface area (Å²) in [4.78, 5) is 0. The Hall–Kier alpha value is -0.200. The maximum atomic E-state index is 10.1. The molecule has 0 aromatic heterocycles. The average Bonchev–Trinajstić information content (AvgIpc) is 2.79. The molecule has 0 aliphatic carbocycles. The molecule has 5 atom stereocenters. The van der Waals surface area contributed by atoms with Gasteiger partial charge in [-0.15, -0.1) is 0 Å². The minimum absolute atomic E-state index is 0.00341. The van der Waals surface area contributed by atoms with Gasteiger partial charge in [0.05, 0.1) is 13.2 Å². The van der Waals surface area contributed by atoms with Crippen LogP contribution in [0.3, 0.4) is 0 Å². The van der Waals surface area contributed by atoms with Crippen molar-refractivity contribution in [3.8, 4) is 0 Å². The smallest absolute Gasteiger partial charge is 0.186 e. The molecule has 0 radical (unpaired) electrons. The van der Waals surface area contributed by atoms with Gasteiger partial charge in [-0.2, -0.15) is 0 Å². The largest absolute Gasteiger partial charge is 0.388 e. The Balaban J connectivity index is 2.24. The molecule has 5 nitrogen and oxygen atoms in total. The zero-order chi connectivity index (χ0) is 23.4. The summed E-state index contributed by atoms with van der Waals surface area (Å²) in [5.74, 6) is 0.468. The lowest BCUT2D eigenvalue weighted by atomic mass is 9.94. The van der Waals surface area contributed by atoms with E-state index in [4.69, 9.17) is 9.47 Å². The molecule has 0 bridgehead atoms. The van der Waals surface area contributed by atoms with E-state index in [9.17, 15) is 15.3 Å². The minimum atomic E-state index is -1.20. The van der Waals surface area contributed by atoms with Crippen LogP contribution in [0.2, 0.25) is 0 Å². The third kappa shape index (κ3) is 14.1. The molecular formula is C27H54O5. The summed E-state index contributed by atoms with van der Waals surface area (Å²) in [7, 11) is 0. The number of hydrogen-bond acceptors (Lipinski definition) is 5. The third-order valence-corrected chi connectivity index (χ3v) is 6.88. The summed E-state index contributed by atoms with van der Waals surface area (Å²) >= 11 is 0. The van der Waals surface area contributed by atoms with Crippen molar-refractivity contribution in [1.29, 1.82) is 0 Å². The van der Waals surface area contributed by atoms with Gasteiger partial charge in [0, 0.05) is 0 Å². The van der Waals surface area contributed by atoms with E-state index >= 15 is 0 Å². The van der Waals surface area contributed by atoms with Crippen LogP contribution in [0.25, 0.3) is 0 Å². The zero-order valence-electron chi connectivity index (χ0n) is 21.2. The molecular weight excluding hydrogens is 404 g/mol. The van der Waals surface area contributed by atoms with E-state index in [-0.39, 0.29) is 6.61 Å². The molecule has 1 saturated heterocycles. The quantitative estimate of drug-likeness (QED) is 0.181. The van der Waals surface area contributed by atoms with Crippen LogP contribution in [-0.2, 0) is 9.47 Å². The Labute approximate surface area is 198 Å². The van der Waals surface area contributed by atoms with Crippen LogP contribution in [0, 0.1) is 5.92 Å². The van der Waals surface area contributed by atoms with Gasteiger partial charge in [0.2, 0.25) is 0 Å². The first-order valence-electron chi connectivity index (χ1n) is 13.9. The van der Waals surface area contributed by atoms with Crippen LogP contribution < -0.4 is 0 Å². The second-order valence-electron chi connectivity index (χ2n) is 9.98. The Bertz CT molecular complexity index is 406. The molecule has 0 aromatic carbocycles. The van der Waals surface area contributed by atoms with Crippen molar-refractivity contribution in [2.45, 2.75) is 154 Å². The molecule has 0 saturated carbocycles. The van der Waals surface area contributed by atoms with Gasteiger partial charge < -0.3 is 24.8 Å². The van der Waals surface area contributed by atoms with Gasteiger partial charge >= 0.3 is 0 Å². The SMILES string of the molecule is CCCCCCCCCCCCC(CCCCCCCC)COC1OC[C@H](O)[C@H](O)[C@H]1O. The molecule has 5 heteroatoms. The van der Waals surface area contributed by atoms with Gasteiger partial charge in [-0.05, 0) is 18.8 Å². The fraction of sp³-hybridized carbons (Fsp3) is 1.00. The van der Waals surface area contributed by atoms with Gasteiger partial charge in [0.25, 0.3) is 0 Å². The van der Waals surface area contributed by atoms with E-state index < -0.39 is 24.6 Å². The van der Waals surface area contributed by atoms with Crippen molar-refractivity contribution in [3.63, 3.8) is 0 Å². The second kappa shape index (κ2) is 20.2. The highest BCUT2D eigenvalue weighted by atomic mass is 16.7. The molecule has 32 heavy (non-hydrogen) atoms. The van der Waals surface area contributed by atoms with Crippen LogP contribution in [0.15, 0.2) is 0 Å². The van der Waals surface area contributed by atoms with Gasteiger partial charge in [0.1, 0.15) is 18.3 Å². The lowest BCUT2D eigenvalue weighted by Gasteiger charge is -2.35. The highest BCUT2D eigenvalue weighted by Gasteiger charge is 2.38. The summed E-state index contributed by atoms with van der Waals surface area (Å²) in [5.41, 5.74) is 0. The van der Waals surface area contributed by atoms with Crippen molar-refractivity contribution in [1.82, 2.24) is 0 Å². The molecule has 192 valence electrons. The Morgan fingerprint density at radius 1 is 0.656 bits per heavy atom. The summed E-state index contributed by atoms with van der Waals surface area (Å²) in [6, 6.07) is 0. The van der Waals surface area contributed by atoms with E-state index in [0.717, 1.165) is 12.8 Å². The van der Waals surface area contributed by atoms with Gasteiger partial charge in [-0.3, -0.25) is 0 Å². The molecule has 1 fully saturated rings. The summed E-state index contributed by atoms with van der Waals surface area (Å²) in [5, 5.41) is 29.6. The summed E-state index contributed by atoms with van der Waals surface area (Å²) in [6.07, 6.45) is 19.2. The molecule has 0 spiro atoms. The monoisotopic (exact) mass is 458 g/mol. The Kier molecular flexibility index (Phi) is 18.8. The molecule has 1 aliphatic heterocycles. The van der Waals surface area contributed by atoms with Crippen molar-refractivity contribution in [3.05, 3.63) is 0 Å². The van der Waals surface area contributed by atoms with E-state index in [1.807, 2.05) is 0 Å². The topological polar surface area (TPSA) is 79.2 Å². The van der Waals surface area contributed by atoms with Crippen LogP contribution in [-0.4, -0.2) is 53.1 Å². The third-order valence-electron chi connectivity index (χ3n) is 6.88. The van der Waals surface area contributed by atoms with Crippen LogP contribution in [0.4, 0.5) is 0 Å². The summed E-state index contributed by atoms with van der Waals surface area (Å²) in [6.45, 7) is 5.07. The number of aliphatic hydroxyl groups is 3. The minimum Gasteiger partial charge on any atom is -0.388 e. The van der Waals surface area contributed by atoms with Crippen LogP contribution in [0.1, 0.15) is 129 Å². The second-order valence-corrected chi connectivity index (χ2v) is 9.98. The Morgan fingerprint density at radius 2 is 1.09 bits per heavy atom. The first-order valence-corrected chi connectivity index (χ1v) is 13.9. The van der Waals surface area contributed by atoms with Crippen molar-refractivity contribution < 1.29 is 24.8 Å². The van der Waals surface area contributed by atoms with Crippen molar-refractivity contribution >= 4 is 0 Å². The van der Waals surface area contributed by atoms with Gasteiger partial charge in [0.15, 0.2) is 6.29 Å². The van der Waals surface area contributed by atoms with E-state index in [2.05, 4.69) is 13.8 Å².